The van der Waals surface area contributed by atoms with E-state index in [1.807, 2.05) is 24.3 Å². The fourth-order valence-corrected chi connectivity index (χ4v) is 2.18. The highest BCUT2D eigenvalue weighted by Crippen LogP contribution is 2.29. The molecule has 2 rings (SSSR count). The Kier molecular flexibility index (Phi) is 6.81. The first-order valence-corrected chi connectivity index (χ1v) is 8.32. The molecule has 0 radical (unpaired) electrons. The van der Waals surface area contributed by atoms with E-state index in [1.54, 1.807) is 37.4 Å². The number of rotatable bonds is 7. The van der Waals surface area contributed by atoms with Gasteiger partial charge in [0, 0.05) is 5.69 Å². The van der Waals surface area contributed by atoms with Crippen LogP contribution in [0, 0.1) is 17.2 Å². The molecule has 0 saturated heterocycles. The number of anilines is 1. The molecular weight excluding hydrogens is 328 g/mol. The van der Waals surface area contributed by atoms with Gasteiger partial charge >= 0.3 is 0 Å². The molecule has 1 N–H and O–H groups in total. The van der Waals surface area contributed by atoms with Gasteiger partial charge < -0.3 is 14.8 Å². The Morgan fingerprint density at radius 1 is 1.19 bits per heavy atom. The maximum absolute atomic E-state index is 12.3. The van der Waals surface area contributed by atoms with Crippen LogP contribution in [0.25, 0.3) is 6.08 Å². The summed E-state index contributed by atoms with van der Waals surface area (Å²) in [5, 5.41) is 12.0. The Morgan fingerprint density at radius 2 is 1.92 bits per heavy atom. The van der Waals surface area contributed by atoms with Gasteiger partial charge in [0.1, 0.15) is 11.6 Å². The van der Waals surface area contributed by atoms with Gasteiger partial charge in [-0.15, -0.1) is 0 Å². The maximum atomic E-state index is 12.3. The molecule has 5 heteroatoms. The molecule has 1 amide bonds. The quantitative estimate of drug-likeness (QED) is 0.598. The van der Waals surface area contributed by atoms with Crippen LogP contribution in [0.1, 0.15) is 19.4 Å². The highest BCUT2D eigenvalue weighted by Gasteiger charge is 2.11. The van der Waals surface area contributed by atoms with Crippen LogP contribution in [0.3, 0.4) is 0 Å². The topological polar surface area (TPSA) is 71.3 Å². The van der Waals surface area contributed by atoms with Crippen molar-refractivity contribution in [2.45, 2.75) is 13.8 Å². The lowest BCUT2D eigenvalue weighted by Gasteiger charge is -2.13. The van der Waals surface area contributed by atoms with Crippen molar-refractivity contribution in [2.75, 3.05) is 19.0 Å². The molecule has 2 aromatic rings. The minimum absolute atomic E-state index is 0.00625. The van der Waals surface area contributed by atoms with Gasteiger partial charge in [-0.2, -0.15) is 5.26 Å². The number of methoxy groups -OCH3 is 1. The summed E-state index contributed by atoms with van der Waals surface area (Å²) < 4.78 is 11.1. The third kappa shape index (κ3) is 5.38. The number of amides is 1. The molecule has 0 spiro atoms. The van der Waals surface area contributed by atoms with Gasteiger partial charge in [-0.3, -0.25) is 4.79 Å². The molecule has 0 unspecified atom stereocenters. The SMILES string of the molecule is COc1cc(C=C(C#N)C(=O)Nc2ccccc2)ccc1OCC(C)C. The van der Waals surface area contributed by atoms with Crippen LogP contribution < -0.4 is 14.8 Å². The lowest BCUT2D eigenvalue weighted by atomic mass is 10.1. The lowest BCUT2D eigenvalue weighted by Crippen LogP contribution is -2.13. The summed E-state index contributed by atoms with van der Waals surface area (Å²) in [4.78, 5) is 12.3. The van der Waals surface area contributed by atoms with E-state index in [2.05, 4.69) is 19.2 Å². The minimum Gasteiger partial charge on any atom is -0.493 e. The van der Waals surface area contributed by atoms with Crippen LogP contribution in [0.2, 0.25) is 0 Å². The van der Waals surface area contributed by atoms with Crippen molar-refractivity contribution in [3.63, 3.8) is 0 Å². The number of nitrogens with zero attached hydrogens (tertiary/aromatic N) is 1. The molecular formula is C21H22N2O3. The van der Waals surface area contributed by atoms with Gasteiger partial charge in [0.25, 0.3) is 5.91 Å². The molecule has 0 aliphatic heterocycles. The van der Waals surface area contributed by atoms with Gasteiger partial charge in [-0.05, 0) is 41.8 Å². The number of carbonyl (C=O) groups is 1. The van der Waals surface area contributed by atoms with Crippen LogP contribution in [0.15, 0.2) is 54.1 Å². The van der Waals surface area contributed by atoms with Gasteiger partial charge in [-0.25, -0.2) is 0 Å². The minimum atomic E-state index is -0.460. The largest absolute Gasteiger partial charge is 0.493 e. The average molecular weight is 350 g/mol. The highest BCUT2D eigenvalue weighted by molar-refractivity contribution is 6.09. The van der Waals surface area contributed by atoms with Gasteiger partial charge in [-0.1, -0.05) is 38.1 Å². The second kappa shape index (κ2) is 9.28. The number of ether oxygens (including phenoxy) is 2. The van der Waals surface area contributed by atoms with Crippen LogP contribution in [-0.2, 0) is 4.79 Å². The second-order valence-electron chi connectivity index (χ2n) is 6.11. The number of hydrogen-bond donors (Lipinski definition) is 1. The fraction of sp³-hybridized carbons (Fsp3) is 0.238. The molecule has 0 heterocycles. The summed E-state index contributed by atoms with van der Waals surface area (Å²) in [7, 11) is 1.55. The van der Waals surface area contributed by atoms with Crippen LogP contribution >= 0.6 is 0 Å². The van der Waals surface area contributed by atoms with E-state index in [9.17, 15) is 10.1 Å². The fourth-order valence-electron chi connectivity index (χ4n) is 2.18. The van der Waals surface area contributed by atoms with E-state index < -0.39 is 5.91 Å². The number of hydrogen-bond acceptors (Lipinski definition) is 4. The van der Waals surface area contributed by atoms with Crippen molar-refractivity contribution in [3.8, 4) is 17.6 Å². The summed E-state index contributed by atoms with van der Waals surface area (Å²) in [5.74, 6) is 1.12. The molecule has 0 bridgehead atoms. The Morgan fingerprint density at radius 3 is 2.54 bits per heavy atom. The third-order valence-corrected chi connectivity index (χ3v) is 3.47. The first kappa shape index (κ1) is 19.1. The van der Waals surface area contributed by atoms with E-state index in [-0.39, 0.29) is 5.57 Å². The number of para-hydroxylation sites is 1. The first-order valence-electron chi connectivity index (χ1n) is 8.32. The zero-order valence-electron chi connectivity index (χ0n) is 15.2. The summed E-state index contributed by atoms with van der Waals surface area (Å²) in [6.07, 6.45) is 1.52. The zero-order chi connectivity index (χ0) is 18.9. The first-order chi connectivity index (χ1) is 12.5. The molecule has 0 saturated carbocycles. The van der Waals surface area contributed by atoms with E-state index in [4.69, 9.17) is 9.47 Å². The predicted octanol–water partition coefficient (Wildman–Crippen LogP) is 4.28. The second-order valence-corrected chi connectivity index (χ2v) is 6.11. The summed E-state index contributed by atoms with van der Waals surface area (Å²) >= 11 is 0. The lowest BCUT2D eigenvalue weighted by molar-refractivity contribution is -0.112. The van der Waals surface area contributed by atoms with Crippen LogP contribution in [0.4, 0.5) is 5.69 Å². The molecule has 5 nitrogen and oxygen atoms in total. The predicted molar refractivity (Wildman–Crippen MR) is 102 cm³/mol. The molecule has 134 valence electrons. The third-order valence-electron chi connectivity index (χ3n) is 3.47. The van der Waals surface area contributed by atoms with Crippen molar-refractivity contribution in [1.82, 2.24) is 0 Å². The highest BCUT2D eigenvalue weighted by atomic mass is 16.5. The van der Waals surface area contributed by atoms with Crippen LogP contribution in [0.5, 0.6) is 11.5 Å². The maximum Gasteiger partial charge on any atom is 0.266 e. The monoisotopic (exact) mass is 350 g/mol. The van der Waals surface area contributed by atoms with Gasteiger partial charge in [0.2, 0.25) is 0 Å². The molecule has 0 fully saturated rings. The van der Waals surface area contributed by atoms with Crippen molar-refractivity contribution >= 4 is 17.7 Å². The standard InChI is InChI=1S/C21H22N2O3/c1-15(2)14-26-19-10-9-16(12-20(19)25-3)11-17(13-22)21(24)23-18-7-5-4-6-8-18/h4-12,15H,14H2,1-3H3,(H,23,24). The number of nitrogens with one attached hydrogen (secondary N) is 1. The summed E-state index contributed by atoms with van der Waals surface area (Å²) in [5.41, 5.74) is 1.32. The smallest absolute Gasteiger partial charge is 0.266 e. The van der Waals surface area contributed by atoms with Gasteiger partial charge in [0.15, 0.2) is 11.5 Å². The number of nitriles is 1. The van der Waals surface area contributed by atoms with Gasteiger partial charge in [0.05, 0.1) is 13.7 Å². The Bertz CT molecular complexity index is 821. The normalized spacial score (nSPS) is 11.0. The van der Waals surface area contributed by atoms with E-state index in [1.165, 1.54) is 6.08 Å². The van der Waals surface area contributed by atoms with Crippen molar-refractivity contribution < 1.29 is 14.3 Å². The molecule has 0 aliphatic carbocycles. The molecule has 0 aliphatic rings. The average Bonchev–Trinajstić information content (AvgIpc) is 2.65. The zero-order valence-corrected chi connectivity index (χ0v) is 15.2. The summed E-state index contributed by atoms with van der Waals surface area (Å²) in [6.45, 7) is 4.71. The Labute approximate surface area is 153 Å². The molecule has 0 aromatic heterocycles. The molecule has 0 atom stereocenters. The number of carbonyl (C=O) groups excluding carboxylic acids is 1. The molecule has 2 aromatic carbocycles. The Hall–Kier alpha value is -3.26. The van der Waals surface area contributed by atoms with Crippen molar-refractivity contribution in [1.29, 1.82) is 5.26 Å². The van der Waals surface area contributed by atoms with E-state index in [0.717, 1.165) is 0 Å². The van der Waals surface area contributed by atoms with E-state index in [0.29, 0.717) is 35.3 Å². The van der Waals surface area contributed by atoms with E-state index >= 15 is 0 Å². The van der Waals surface area contributed by atoms with Crippen molar-refractivity contribution in [3.05, 3.63) is 59.7 Å². The van der Waals surface area contributed by atoms with Crippen molar-refractivity contribution in [2.24, 2.45) is 5.92 Å². The summed E-state index contributed by atoms with van der Waals surface area (Å²) in [6, 6.07) is 16.2. The number of benzene rings is 2. The Balaban J connectivity index is 2.20. The molecule has 26 heavy (non-hydrogen) atoms. The van der Waals surface area contributed by atoms with Crippen LogP contribution in [-0.4, -0.2) is 19.6 Å².